The molecular weight excluding hydrogens is 557 g/mol. The Balaban J connectivity index is 1.62. The molecular formula is C27H23BF2N4O6S. The summed E-state index contributed by atoms with van der Waals surface area (Å²) < 4.78 is 58.3. The predicted molar refractivity (Wildman–Crippen MR) is 148 cm³/mol. The molecule has 0 saturated carbocycles. The molecule has 1 atom stereocenters. The highest BCUT2D eigenvalue weighted by atomic mass is 32.2. The Morgan fingerprint density at radius 1 is 1.10 bits per heavy atom. The zero-order valence-electron chi connectivity index (χ0n) is 21.5. The highest BCUT2D eigenvalue weighted by molar-refractivity contribution is 7.76. The van der Waals surface area contributed by atoms with Crippen molar-refractivity contribution in [3.05, 3.63) is 102 Å². The summed E-state index contributed by atoms with van der Waals surface area (Å²) in [6.07, 6.45) is 4.56. The standard InChI is InChI=1S/C27H23BF2N4O6S/c1-31-27(35)25-24-11-21(18-8-9-40-15-18)19(14-34(24)32-26(25)17-3-5-20(29)6-4-17)13-33(41(38)39)12-16-2-7-22(28(36)37)23(30)10-16/h2-11,14-15,36-37H,12-13H2,1H3,(H,31,35)(H,38,39). The molecule has 3 heterocycles. The van der Waals surface area contributed by atoms with Gasteiger partial charge in [-0.05, 0) is 59.2 Å². The van der Waals surface area contributed by atoms with Gasteiger partial charge >= 0.3 is 7.12 Å². The van der Waals surface area contributed by atoms with E-state index >= 15 is 0 Å². The fraction of sp³-hybridized carbons (Fsp3) is 0.111. The van der Waals surface area contributed by atoms with Crippen LogP contribution in [0.15, 0.2) is 77.7 Å². The largest absolute Gasteiger partial charge is 0.491 e. The summed E-state index contributed by atoms with van der Waals surface area (Å²) in [4.78, 5) is 13.0. The van der Waals surface area contributed by atoms with Crippen molar-refractivity contribution in [2.24, 2.45) is 0 Å². The molecule has 0 spiro atoms. The van der Waals surface area contributed by atoms with Gasteiger partial charge in [0.05, 0.1) is 23.6 Å². The van der Waals surface area contributed by atoms with E-state index in [-0.39, 0.29) is 24.1 Å². The molecule has 0 saturated heterocycles. The minimum Gasteiger partial charge on any atom is -0.472 e. The average Bonchev–Trinajstić information content (AvgIpc) is 3.60. The molecule has 0 fully saturated rings. The van der Waals surface area contributed by atoms with Crippen LogP contribution in [0.2, 0.25) is 0 Å². The second-order valence-electron chi connectivity index (χ2n) is 9.12. The molecule has 0 aliphatic rings. The van der Waals surface area contributed by atoms with E-state index in [0.29, 0.717) is 39.0 Å². The van der Waals surface area contributed by atoms with Crippen molar-refractivity contribution < 1.29 is 36.8 Å². The summed E-state index contributed by atoms with van der Waals surface area (Å²) in [5.74, 6) is -1.72. The van der Waals surface area contributed by atoms with Crippen LogP contribution in [-0.2, 0) is 24.4 Å². The van der Waals surface area contributed by atoms with Crippen LogP contribution in [0.5, 0.6) is 0 Å². The van der Waals surface area contributed by atoms with Gasteiger partial charge in [0.1, 0.15) is 17.3 Å². The molecule has 0 radical (unpaired) electrons. The molecule has 2 aromatic carbocycles. The van der Waals surface area contributed by atoms with Gasteiger partial charge in [0.15, 0.2) is 0 Å². The number of hydrogen-bond donors (Lipinski definition) is 4. The van der Waals surface area contributed by atoms with E-state index in [1.54, 1.807) is 18.3 Å². The van der Waals surface area contributed by atoms with Crippen LogP contribution in [0.25, 0.3) is 27.9 Å². The van der Waals surface area contributed by atoms with E-state index in [4.69, 9.17) is 4.42 Å². The van der Waals surface area contributed by atoms with E-state index in [1.165, 1.54) is 64.8 Å². The van der Waals surface area contributed by atoms with Crippen LogP contribution in [0.3, 0.4) is 0 Å². The summed E-state index contributed by atoms with van der Waals surface area (Å²) in [6.45, 7) is -0.263. The van der Waals surface area contributed by atoms with Crippen LogP contribution >= 0.6 is 0 Å². The number of furan rings is 1. The van der Waals surface area contributed by atoms with Crippen LogP contribution < -0.4 is 10.8 Å². The Bertz CT molecular complexity index is 1750. The third-order valence-corrected chi connectivity index (χ3v) is 7.23. The first kappa shape index (κ1) is 28.3. The van der Waals surface area contributed by atoms with Crippen molar-refractivity contribution in [1.82, 2.24) is 19.2 Å². The van der Waals surface area contributed by atoms with Gasteiger partial charge in [-0.25, -0.2) is 17.5 Å². The number of pyridine rings is 1. The molecule has 5 aromatic rings. The number of carbonyl (C=O) groups is 1. The molecule has 14 heteroatoms. The van der Waals surface area contributed by atoms with E-state index in [1.807, 2.05) is 0 Å². The van der Waals surface area contributed by atoms with Crippen molar-refractivity contribution in [1.29, 1.82) is 0 Å². The maximum Gasteiger partial charge on any atom is 0.491 e. The van der Waals surface area contributed by atoms with E-state index < -0.39 is 35.9 Å². The van der Waals surface area contributed by atoms with Gasteiger partial charge in [0.25, 0.3) is 5.91 Å². The second-order valence-corrected chi connectivity index (χ2v) is 10.1. The second kappa shape index (κ2) is 11.7. The van der Waals surface area contributed by atoms with E-state index in [9.17, 15) is 32.4 Å². The highest BCUT2D eigenvalue weighted by Gasteiger charge is 2.24. The third-order valence-electron chi connectivity index (χ3n) is 6.53. The van der Waals surface area contributed by atoms with E-state index in [2.05, 4.69) is 10.4 Å². The maximum atomic E-state index is 14.3. The number of rotatable bonds is 9. The molecule has 41 heavy (non-hydrogen) atoms. The molecule has 10 nitrogen and oxygen atoms in total. The summed E-state index contributed by atoms with van der Waals surface area (Å²) in [5.41, 5.74) is 3.25. The fourth-order valence-electron chi connectivity index (χ4n) is 4.54. The number of hydrogen-bond acceptors (Lipinski definition) is 6. The van der Waals surface area contributed by atoms with Crippen molar-refractivity contribution in [2.75, 3.05) is 7.05 Å². The summed E-state index contributed by atoms with van der Waals surface area (Å²) in [6, 6.07) is 12.6. The lowest BCUT2D eigenvalue weighted by Gasteiger charge is -2.20. The van der Waals surface area contributed by atoms with Gasteiger partial charge in [-0.2, -0.15) is 9.40 Å². The van der Waals surface area contributed by atoms with Crippen molar-refractivity contribution >= 4 is 35.3 Å². The number of benzene rings is 2. The Morgan fingerprint density at radius 2 is 1.85 bits per heavy atom. The number of nitrogens with one attached hydrogen (secondary N) is 1. The monoisotopic (exact) mass is 580 g/mol. The molecule has 4 N–H and O–H groups in total. The smallest absolute Gasteiger partial charge is 0.472 e. The van der Waals surface area contributed by atoms with Crippen molar-refractivity contribution in [3.8, 4) is 22.4 Å². The van der Waals surface area contributed by atoms with Crippen LogP contribution in [0, 0.1) is 11.6 Å². The zero-order chi connectivity index (χ0) is 29.3. The first-order valence-electron chi connectivity index (χ1n) is 12.2. The number of nitrogens with zero attached hydrogens (tertiary/aromatic N) is 3. The topological polar surface area (TPSA) is 141 Å². The Kier molecular flexibility index (Phi) is 8.10. The SMILES string of the molecule is CNC(=O)c1c(-c2ccc(F)cc2)nn2cc(CN(Cc3ccc(B(O)O)c(F)c3)S(=O)O)c(-c3ccoc3)cc12. The number of halogens is 2. The molecule has 210 valence electrons. The molecule has 0 bridgehead atoms. The van der Waals surface area contributed by atoms with Gasteiger partial charge in [-0.1, -0.05) is 12.1 Å². The fourth-order valence-corrected chi connectivity index (χ4v) is 5.05. The van der Waals surface area contributed by atoms with Gasteiger partial charge in [-0.3, -0.25) is 9.35 Å². The molecule has 0 aliphatic heterocycles. The molecule has 1 unspecified atom stereocenters. The van der Waals surface area contributed by atoms with Crippen LogP contribution in [0.4, 0.5) is 8.78 Å². The molecule has 0 aliphatic carbocycles. The zero-order valence-corrected chi connectivity index (χ0v) is 22.3. The lowest BCUT2D eigenvalue weighted by atomic mass is 9.79. The molecule has 1 amide bonds. The number of amides is 1. The lowest BCUT2D eigenvalue weighted by molar-refractivity contribution is 0.0965. The van der Waals surface area contributed by atoms with Crippen LogP contribution in [-0.4, -0.2) is 52.8 Å². The number of fused-ring (bicyclic) bond motifs is 1. The summed E-state index contributed by atoms with van der Waals surface area (Å²) in [7, 11) is -0.513. The van der Waals surface area contributed by atoms with Gasteiger partial charge < -0.3 is 19.8 Å². The van der Waals surface area contributed by atoms with Crippen molar-refractivity contribution in [3.63, 3.8) is 0 Å². The number of carbonyl (C=O) groups excluding carboxylic acids is 1. The van der Waals surface area contributed by atoms with Crippen LogP contribution in [0.1, 0.15) is 21.5 Å². The third kappa shape index (κ3) is 5.82. The first-order valence-corrected chi connectivity index (χ1v) is 13.3. The first-order chi connectivity index (χ1) is 19.7. The van der Waals surface area contributed by atoms with Crippen molar-refractivity contribution in [2.45, 2.75) is 13.1 Å². The maximum absolute atomic E-state index is 14.3. The number of aromatic nitrogens is 2. The lowest BCUT2D eigenvalue weighted by Crippen LogP contribution is -2.33. The Hall–Kier alpha value is -4.21. The molecule has 3 aromatic heterocycles. The van der Waals surface area contributed by atoms with Gasteiger partial charge in [0, 0.05) is 42.9 Å². The highest BCUT2D eigenvalue weighted by Crippen LogP contribution is 2.33. The van der Waals surface area contributed by atoms with E-state index in [0.717, 1.165) is 6.07 Å². The molecule has 5 rings (SSSR count). The minimum atomic E-state index is -2.49. The quantitative estimate of drug-likeness (QED) is 0.155. The minimum absolute atomic E-state index is 0.105. The van der Waals surface area contributed by atoms with Gasteiger partial charge in [-0.15, -0.1) is 0 Å². The average molecular weight is 580 g/mol. The predicted octanol–water partition coefficient (Wildman–Crippen LogP) is 2.72. The Labute approximate surface area is 235 Å². The Morgan fingerprint density at radius 3 is 2.46 bits per heavy atom. The normalized spacial score (nSPS) is 12.2. The van der Waals surface area contributed by atoms with Gasteiger partial charge in [0.2, 0.25) is 11.3 Å². The summed E-state index contributed by atoms with van der Waals surface area (Å²) in [5, 5.41) is 25.8. The summed E-state index contributed by atoms with van der Waals surface area (Å²) >= 11 is -2.49.